The zero-order valence-electron chi connectivity index (χ0n) is 11.7. The average Bonchev–Trinajstić information content (AvgIpc) is 2.42. The van der Waals surface area contributed by atoms with Crippen molar-refractivity contribution >= 4 is 62.1 Å². The van der Waals surface area contributed by atoms with Crippen LogP contribution in [0.3, 0.4) is 0 Å². The fraction of sp³-hybridized carbons (Fsp3) is 0.0714. The van der Waals surface area contributed by atoms with Gasteiger partial charge < -0.3 is 5.32 Å². The zero-order chi connectivity index (χ0) is 17.2. The molecule has 0 aliphatic carbocycles. The van der Waals surface area contributed by atoms with Gasteiger partial charge >= 0.3 is 0 Å². The summed E-state index contributed by atoms with van der Waals surface area (Å²) in [5.74, 6) is -0.495. The van der Waals surface area contributed by atoms with E-state index in [-0.39, 0.29) is 21.3 Å². The molecule has 122 valence electrons. The lowest BCUT2D eigenvalue weighted by Crippen LogP contribution is -2.14. The first kappa shape index (κ1) is 17.9. The van der Waals surface area contributed by atoms with Crippen molar-refractivity contribution in [3.63, 3.8) is 0 Å². The molecule has 0 aliphatic rings. The van der Waals surface area contributed by atoms with Crippen molar-refractivity contribution in [3.05, 3.63) is 57.0 Å². The third-order valence-corrected chi connectivity index (χ3v) is 4.45. The maximum atomic E-state index is 12.3. The number of carbonyl (C=O) groups excluding carboxylic acids is 1. The predicted octanol–water partition coefficient (Wildman–Crippen LogP) is 4.27. The van der Waals surface area contributed by atoms with E-state index in [1.807, 2.05) is 0 Å². The Morgan fingerprint density at radius 3 is 2.35 bits per heavy atom. The lowest BCUT2D eigenvalue weighted by molar-refractivity contribution is 0.102. The summed E-state index contributed by atoms with van der Waals surface area (Å²) in [6.45, 7) is 0. The molecule has 0 spiro atoms. The molecular weight excluding hydrogens is 383 g/mol. The van der Waals surface area contributed by atoms with E-state index in [1.54, 1.807) is 18.2 Å². The largest absolute Gasteiger partial charge is 0.321 e. The molecule has 0 saturated carbocycles. The number of anilines is 2. The molecule has 23 heavy (non-hydrogen) atoms. The predicted molar refractivity (Wildman–Crippen MR) is 94.3 cm³/mol. The molecule has 0 heterocycles. The summed E-state index contributed by atoms with van der Waals surface area (Å²) in [7, 11) is -3.43. The monoisotopic (exact) mass is 392 g/mol. The lowest BCUT2D eigenvalue weighted by Gasteiger charge is -2.10. The van der Waals surface area contributed by atoms with Crippen LogP contribution in [-0.4, -0.2) is 20.6 Å². The van der Waals surface area contributed by atoms with Crippen molar-refractivity contribution in [1.29, 1.82) is 0 Å². The standard InChI is InChI=1S/C14H11Cl3N2O3S/c1-23(21,22)19-8-5-6-9(11(16)7-8)14(20)18-12-4-2-3-10(15)13(12)17/h2-7,19H,1H3,(H,18,20). The molecule has 1 amide bonds. The van der Waals surface area contributed by atoms with Crippen LogP contribution >= 0.6 is 34.8 Å². The first-order valence-electron chi connectivity index (χ1n) is 6.20. The molecule has 9 heteroatoms. The van der Waals surface area contributed by atoms with E-state index in [1.165, 1.54) is 18.2 Å². The molecule has 0 saturated heterocycles. The summed E-state index contributed by atoms with van der Waals surface area (Å²) >= 11 is 17.9. The van der Waals surface area contributed by atoms with E-state index in [2.05, 4.69) is 10.0 Å². The Hall–Kier alpha value is -1.47. The van der Waals surface area contributed by atoms with E-state index in [0.29, 0.717) is 10.7 Å². The van der Waals surface area contributed by atoms with Crippen LogP contribution in [0.1, 0.15) is 10.4 Å². The first-order chi connectivity index (χ1) is 10.7. The van der Waals surface area contributed by atoms with E-state index in [0.717, 1.165) is 6.26 Å². The van der Waals surface area contributed by atoms with Crippen LogP contribution in [0.25, 0.3) is 0 Å². The van der Waals surface area contributed by atoms with Gasteiger partial charge in [-0.2, -0.15) is 0 Å². The van der Waals surface area contributed by atoms with Crippen molar-refractivity contribution in [3.8, 4) is 0 Å². The van der Waals surface area contributed by atoms with E-state index in [4.69, 9.17) is 34.8 Å². The van der Waals surface area contributed by atoms with Gasteiger partial charge in [-0.25, -0.2) is 8.42 Å². The van der Waals surface area contributed by atoms with Crippen LogP contribution in [0, 0.1) is 0 Å². The van der Waals surface area contributed by atoms with Crippen LogP contribution in [0.5, 0.6) is 0 Å². The molecule has 0 bridgehead atoms. The van der Waals surface area contributed by atoms with Gasteiger partial charge in [0.2, 0.25) is 10.0 Å². The SMILES string of the molecule is CS(=O)(=O)Nc1ccc(C(=O)Nc2cccc(Cl)c2Cl)c(Cl)c1. The number of amides is 1. The maximum absolute atomic E-state index is 12.3. The molecule has 0 atom stereocenters. The summed E-state index contributed by atoms with van der Waals surface area (Å²) < 4.78 is 24.6. The molecule has 0 fully saturated rings. The molecular formula is C14H11Cl3N2O3S. The van der Waals surface area contributed by atoms with E-state index >= 15 is 0 Å². The Morgan fingerprint density at radius 2 is 1.74 bits per heavy atom. The summed E-state index contributed by atoms with van der Waals surface area (Å²) in [5, 5.41) is 3.21. The van der Waals surface area contributed by atoms with Crippen molar-refractivity contribution in [2.75, 3.05) is 16.3 Å². The zero-order valence-corrected chi connectivity index (χ0v) is 14.8. The summed E-state index contributed by atoms with van der Waals surface area (Å²) in [6.07, 6.45) is 1.02. The van der Waals surface area contributed by atoms with Crippen LogP contribution in [0.2, 0.25) is 15.1 Å². The van der Waals surface area contributed by atoms with Gasteiger partial charge in [0, 0.05) is 5.69 Å². The van der Waals surface area contributed by atoms with Gasteiger partial charge in [0.15, 0.2) is 0 Å². The molecule has 0 radical (unpaired) electrons. The number of hydrogen-bond acceptors (Lipinski definition) is 3. The number of nitrogens with one attached hydrogen (secondary N) is 2. The number of benzene rings is 2. The van der Waals surface area contributed by atoms with Gasteiger partial charge in [0.25, 0.3) is 5.91 Å². The van der Waals surface area contributed by atoms with Gasteiger partial charge in [-0.3, -0.25) is 9.52 Å². The van der Waals surface area contributed by atoms with E-state index in [9.17, 15) is 13.2 Å². The number of rotatable bonds is 4. The fourth-order valence-electron chi connectivity index (χ4n) is 1.77. The Bertz CT molecular complexity index is 870. The summed E-state index contributed by atoms with van der Waals surface area (Å²) in [6, 6.07) is 9.02. The van der Waals surface area contributed by atoms with Gasteiger partial charge in [-0.1, -0.05) is 40.9 Å². The third kappa shape index (κ3) is 4.75. The number of halogens is 3. The lowest BCUT2D eigenvalue weighted by atomic mass is 10.2. The third-order valence-electron chi connectivity index (χ3n) is 2.72. The number of hydrogen-bond donors (Lipinski definition) is 2. The smallest absolute Gasteiger partial charge is 0.257 e. The van der Waals surface area contributed by atoms with Crippen molar-refractivity contribution in [2.24, 2.45) is 0 Å². The van der Waals surface area contributed by atoms with Gasteiger partial charge in [-0.05, 0) is 30.3 Å². The Kier molecular flexibility index (Phi) is 5.41. The van der Waals surface area contributed by atoms with Crippen LogP contribution in [0.4, 0.5) is 11.4 Å². The fourth-order valence-corrected chi connectivity index (χ4v) is 2.94. The molecule has 0 aliphatic heterocycles. The second-order valence-electron chi connectivity index (χ2n) is 4.62. The molecule has 0 aromatic heterocycles. The second kappa shape index (κ2) is 6.97. The van der Waals surface area contributed by atoms with E-state index < -0.39 is 15.9 Å². The highest BCUT2D eigenvalue weighted by molar-refractivity contribution is 7.92. The maximum Gasteiger partial charge on any atom is 0.257 e. The molecule has 2 rings (SSSR count). The van der Waals surface area contributed by atoms with Crippen LogP contribution < -0.4 is 10.0 Å². The topological polar surface area (TPSA) is 75.3 Å². The molecule has 2 aromatic rings. The highest BCUT2D eigenvalue weighted by Crippen LogP contribution is 2.30. The van der Waals surface area contributed by atoms with Crippen molar-refractivity contribution < 1.29 is 13.2 Å². The highest BCUT2D eigenvalue weighted by atomic mass is 35.5. The Labute approximate surface area is 148 Å². The van der Waals surface area contributed by atoms with Crippen LogP contribution in [-0.2, 0) is 10.0 Å². The molecule has 2 aromatic carbocycles. The van der Waals surface area contributed by atoms with Crippen LogP contribution in [0.15, 0.2) is 36.4 Å². The Balaban J connectivity index is 2.25. The van der Waals surface area contributed by atoms with Gasteiger partial charge in [0.1, 0.15) is 0 Å². The molecule has 2 N–H and O–H groups in total. The normalized spacial score (nSPS) is 11.1. The number of carbonyl (C=O) groups is 1. The summed E-state index contributed by atoms with van der Waals surface area (Å²) in [4.78, 5) is 12.3. The first-order valence-corrected chi connectivity index (χ1v) is 9.22. The minimum atomic E-state index is -3.43. The summed E-state index contributed by atoms with van der Waals surface area (Å²) in [5.41, 5.74) is 0.773. The molecule has 5 nitrogen and oxygen atoms in total. The Morgan fingerprint density at radius 1 is 1.04 bits per heavy atom. The average molecular weight is 394 g/mol. The minimum Gasteiger partial charge on any atom is -0.321 e. The second-order valence-corrected chi connectivity index (χ2v) is 7.57. The highest BCUT2D eigenvalue weighted by Gasteiger charge is 2.14. The minimum absolute atomic E-state index is 0.0919. The van der Waals surface area contributed by atoms with Gasteiger partial charge in [0.05, 0.1) is 32.6 Å². The van der Waals surface area contributed by atoms with Crippen molar-refractivity contribution in [2.45, 2.75) is 0 Å². The van der Waals surface area contributed by atoms with Gasteiger partial charge in [-0.15, -0.1) is 0 Å². The quantitative estimate of drug-likeness (QED) is 0.814. The van der Waals surface area contributed by atoms with Crippen molar-refractivity contribution in [1.82, 2.24) is 0 Å². The number of sulfonamides is 1. The molecule has 0 unspecified atom stereocenters.